The van der Waals surface area contributed by atoms with Crippen molar-refractivity contribution in [1.82, 2.24) is 10.6 Å². The second-order valence-electron chi connectivity index (χ2n) is 6.11. The molecule has 1 heterocycles. The zero-order chi connectivity index (χ0) is 16.6. The molecule has 2 aromatic carbocycles. The second-order valence-corrected chi connectivity index (χ2v) is 6.11. The normalized spacial score (nSPS) is 16.1. The Bertz CT molecular complexity index is 641. The fraction of sp³-hybridized carbons (Fsp3) is 0.350. The van der Waals surface area contributed by atoms with Crippen LogP contribution in [-0.4, -0.2) is 25.0 Å². The van der Waals surface area contributed by atoms with Gasteiger partial charge < -0.3 is 15.4 Å². The Morgan fingerprint density at radius 3 is 2.52 bits per heavy atom. The van der Waals surface area contributed by atoms with Gasteiger partial charge in [-0.25, -0.2) is 0 Å². The molecular weight excluding hydrogens is 336 g/mol. The van der Waals surface area contributed by atoms with E-state index in [9.17, 15) is 4.79 Å². The highest BCUT2D eigenvalue weighted by Crippen LogP contribution is 2.14. The summed E-state index contributed by atoms with van der Waals surface area (Å²) in [5, 5.41) is 6.21. The average Bonchev–Trinajstić information content (AvgIpc) is 3.17. The van der Waals surface area contributed by atoms with Crippen LogP contribution in [0.2, 0.25) is 0 Å². The quantitative estimate of drug-likeness (QED) is 0.797. The molecule has 0 unspecified atom stereocenters. The summed E-state index contributed by atoms with van der Waals surface area (Å²) in [6.45, 7) is 2.19. The molecule has 0 bridgehead atoms. The van der Waals surface area contributed by atoms with Crippen molar-refractivity contribution in [1.29, 1.82) is 0 Å². The largest absolute Gasteiger partial charge is 0.489 e. The molecule has 1 saturated heterocycles. The summed E-state index contributed by atoms with van der Waals surface area (Å²) in [6.07, 6.45) is 2.86. The SMILES string of the molecule is Cl.O=C(NCCc1ccc(OCc2ccccc2)cc1)[C@@H]1CCCN1. The molecule has 2 N–H and O–H groups in total. The van der Waals surface area contributed by atoms with Gasteiger partial charge in [0, 0.05) is 6.54 Å². The molecule has 25 heavy (non-hydrogen) atoms. The molecule has 1 fully saturated rings. The fourth-order valence-electron chi connectivity index (χ4n) is 2.85. The molecule has 0 saturated carbocycles. The van der Waals surface area contributed by atoms with Crippen LogP contribution in [0.3, 0.4) is 0 Å². The first kappa shape index (κ1) is 19.3. The first-order valence-electron chi connectivity index (χ1n) is 8.58. The Kier molecular flexibility index (Phi) is 7.76. The van der Waals surface area contributed by atoms with Crippen molar-refractivity contribution >= 4 is 18.3 Å². The van der Waals surface area contributed by atoms with Gasteiger partial charge in [0.2, 0.25) is 5.91 Å². The lowest BCUT2D eigenvalue weighted by molar-refractivity contribution is -0.122. The Labute approximate surface area is 155 Å². The highest BCUT2D eigenvalue weighted by Gasteiger charge is 2.21. The number of rotatable bonds is 7. The lowest BCUT2D eigenvalue weighted by atomic mass is 10.1. The Hall–Kier alpha value is -2.04. The van der Waals surface area contributed by atoms with Gasteiger partial charge in [-0.2, -0.15) is 0 Å². The molecule has 1 amide bonds. The van der Waals surface area contributed by atoms with Gasteiger partial charge in [-0.3, -0.25) is 4.79 Å². The summed E-state index contributed by atoms with van der Waals surface area (Å²) in [4.78, 5) is 11.9. The summed E-state index contributed by atoms with van der Waals surface area (Å²) in [6, 6.07) is 18.2. The molecular formula is C20H25ClN2O2. The van der Waals surface area contributed by atoms with Gasteiger partial charge in [0.1, 0.15) is 12.4 Å². The minimum Gasteiger partial charge on any atom is -0.489 e. The van der Waals surface area contributed by atoms with E-state index in [-0.39, 0.29) is 24.4 Å². The maximum Gasteiger partial charge on any atom is 0.237 e. The average molecular weight is 361 g/mol. The van der Waals surface area contributed by atoms with E-state index >= 15 is 0 Å². The first-order chi connectivity index (χ1) is 11.8. The number of nitrogens with one attached hydrogen (secondary N) is 2. The van der Waals surface area contributed by atoms with E-state index in [4.69, 9.17) is 4.74 Å². The topological polar surface area (TPSA) is 50.4 Å². The van der Waals surface area contributed by atoms with Gasteiger partial charge in [-0.05, 0) is 49.1 Å². The van der Waals surface area contributed by atoms with Gasteiger partial charge >= 0.3 is 0 Å². The summed E-state index contributed by atoms with van der Waals surface area (Å²) < 4.78 is 5.78. The van der Waals surface area contributed by atoms with Crippen LogP contribution in [-0.2, 0) is 17.8 Å². The number of carbonyl (C=O) groups excluding carboxylic acids is 1. The molecule has 2 aromatic rings. The molecule has 1 aliphatic heterocycles. The van der Waals surface area contributed by atoms with E-state index < -0.39 is 0 Å². The number of benzene rings is 2. The Morgan fingerprint density at radius 2 is 1.84 bits per heavy atom. The molecule has 1 aliphatic rings. The summed E-state index contributed by atoms with van der Waals surface area (Å²) in [5.74, 6) is 0.983. The number of amides is 1. The third kappa shape index (κ3) is 6.07. The number of hydrogen-bond donors (Lipinski definition) is 2. The monoisotopic (exact) mass is 360 g/mol. The second kappa shape index (κ2) is 10.1. The molecule has 1 atom stereocenters. The van der Waals surface area contributed by atoms with Crippen LogP contribution in [0, 0.1) is 0 Å². The van der Waals surface area contributed by atoms with Crippen LogP contribution in [0.15, 0.2) is 54.6 Å². The summed E-state index contributed by atoms with van der Waals surface area (Å²) >= 11 is 0. The van der Waals surface area contributed by atoms with E-state index in [1.54, 1.807) is 0 Å². The van der Waals surface area contributed by atoms with Crippen molar-refractivity contribution in [2.75, 3.05) is 13.1 Å². The first-order valence-corrected chi connectivity index (χ1v) is 8.58. The molecule has 0 radical (unpaired) electrons. The zero-order valence-electron chi connectivity index (χ0n) is 14.2. The van der Waals surface area contributed by atoms with Crippen molar-refractivity contribution < 1.29 is 9.53 Å². The zero-order valence-corrected chi connectivity index (χ0v) is 15.1. The van der Waals surface area contributed by atoms with Gasteiger partial charge in [0.25, 0.3) is 0 Å². The molecule has 0 spiro atoms. The van der Waals surface area contributed by atoms with Crippen LogP contribution >= 0.6 is 12.4 Å². The Morgan fingerprint density at radius 1 is 1.08 bits per heavy atom. The third-order valence-corrected chi connectivity index (χ3v) is 4.26. The predicted octanol–water partition coefficient (Wildman–Crippen LogP) is 3.10. The van der Waals surface area contributed by atoms with Crippen molar-refractivity contribution in [3.05, 3.63) is 65.7 Å². The smallest absolute Gasteiger partial charge is 0.237 e. The minimum absolute atomic E-state index is 0. The van der Waals surface area contributed by atoms with Gasteiger partial charge in [0.15, 0.2) is 0 Å². The molecule has 0 aromatic heterocycles. The van der Waals surface area contributed by atoms with E-state index in [2.05, 4.69) is 34.9 Å². The van der Waals surface area contributed by atoms with Crippen LogP contribution in [0.4, 0.5) is 0 Å². The van der Waals surface area contributed by atoms with Gasteiger partial charge in [-0.15, -0.1) is 12.4 Å². The standard InChI is InChI=1S/C20H24N2O2.ClH/c23-20(19-7-4-13-21-19)22-14-12-16-8-10-18(11-9-16)24-15-17-5-2-1-3-6-17;/h1-3,5-6,8-11,19,21H,4,7,12-15H2,(H,22,23);1H/t19-;/m0./s1. The van der Waals surface area contributed by atoms with Crippen LogP contribution < -0.4 is 15.4 Å². The number of hydrogen-bond acceptors (Lipinski definition) is 3. The van der Waals surface area contributed by atoms with Crippen LogP contribution in [0.1, 0.15) is 24.0 Å². The number of halogens is 1. The maximum atomic E-state index is 11.9. The van der Waals surface area contributed by atoms with E-state index in [1.165, 1.54) is 5.56 Å². The lowest BCUT2D eigenvalue weighted by Gasteiger charge is -2.11. The van der Waals surface area contributed by atoms with Gasteiger partial charge in [-0.1, -0.05) is 42.5 Å². The fourth-order valence-corrected chi connectivity index (χ4v) is 2.85. The van der Waals surface area contributed by atoms with E-state index in [1.807, 2.05) is 30.3 Å². The molecule has 134 valence electrons. The van der Waals surface area contributed by atoms with Crippen molar-refractivity contribution in [3.63, 3.8) is 0 Å². The van der Waals surface area contributed by atoms with Crippen LogP contribution in [0.5, 0.6) is 5.75 Å². The third-order valence-electron chi connectivity index (χ3n) is 4.26. The molecule has 3 rings (SSSR count). The van der Waals surface area contributed by atoms with E-state index in [0.717, 1.165) is 37.1 Å². The van der Waals surface area contributed by atoms with Crippen molar-refractivity contribution in [2.45, 2.75) is 31.9 Å². The van der Waals surface area contributed by atoms with Gasteiger partial charge in [0.05, 0.1) is 6.04 Å². The lowest BCUT2D eigenvalue weighted by Crippen LogP contribution is -2.41. The van der Waals surface area contributed by atoms with Crippen LogP contribution in [0.25, 0.3) is 0 Å². The molecule has 4 nitrogen and oxygen atoms in total. The minimum atomic E-state index is -0.00115. The Balaban J connectivity index is 0.00000225. The van der Waals surface area contributed by atoms with E-state index in [0.29, 0.717) is 13.2 Å². The predicted molar refractivity (Wildman–Crippen MR) is 102 cm³/mol. The highest BCUT2D eigenvalue weighted by molar-refractivity contribution is 5.85. The van der Waals surface area contributed by atoms with Crippen molar-refractivity contribution in [2.24, 2.45) is 0 Å². The highest BCUT2D eigenvalue weighted by atomic mass is 35.5. The van der Waals surface area contributed by atoms with Crippen molar-refractivity contribution in [3.8, 4) is 5.75 Å². The summed E-state index contributed by atoms with van der Waals surface area (Å²) in [5.41, 5.74) is 2.35. The maximum absolute atomic E-state index is 11.9. The number of carbonyl (C=O) groups is 1. The summed E-state index contributed by atoms with van der Waals surface area (Å²) in [7, 11) is 0. The molecule has 0 aliphatic carbocycles. The molecule has 5 heteroatoms. The number of ether oxygens (including phenoxy) is 1.